The standard InChI is InChI=1S/C29H35N3O4S/c1-4-27(36-26-17-15-25(16-18-26)30(2)37(3,34)35)29(33)32-21-19-31(20-22-32)28(23-11-7-5-8-12-23)24-13-9-6-10-14-24/h5-18,27-28H,4,19-22H2,1-3H3. The van der Waals surface area contributed by atoms with Crippen LogP contribution < -0.4 is 9.04 Å². The lowest BCUT2D eigenvalue weighted by Gasteiger charge is -2.40. The van der Waals surface area contributed by atoms with E-state index in [1.807, 2.05) is 24.0 Å². The van der Waals surface area contributed by atoms with E-state index in [4.69, 9.17) is 4.74 Å². The summed E-state index contributed by atoms with van der Waals surface area (Å²) in [6, 6.07) is 27.9. The van der Waals surface area contributed by atoms with E-state index in [1.165, 1.54) is 22.5 Å². The van der Waals surface area contributed by atoms with Crippen molar-refractivity contribution in [2.24, 2.45) is 0 Å². The van der Waals surface area contributed by atoms with Crippen molar-refractivity contribution in [2.75, 3.05) is 43.8 Å². The average molecular weight is 522 g/mol. The zero-order valence-electron chi connectivity index (χ0n) is 21.7. The second-order valence-electron chi connectivity index (χ2n) is 9.32. The van der Waals surface area contributed by atoms with E-state index >= 15 is 0 Å². The molecule has 3 aromatic carbocycles. The number of amides is 1. The number of carbonyl (C=O) groups is 1. The molecule has 0 aliphatic carbocycles. The molecule has 1 saturated heterocycles. The molecule has 1 heterocycles. The Bertz CT molecular complexity index is 1220. The molecule has 4 rings (SSSR count). The van der Waals surface area contributed by atoms with Crippen molar-refractivity contribution in [2.45, 2.75) is 25.5 Å². The van der Waals surface area contributed by atoms with E-state index in [0.29, 0.717) is 30.9 Å². The van der Waals surface area contributed by atoms with Crippen LogP contribution in [-0.2, 0) is 14.8 Å². The van der Waals surface area contributed by atoms with Gasteiger partial charge >= 0.3 is 0 Å². The molecule has 7 nitrogen and oxygen atoms in total. The van der Waals surface area contributed by atoms with Crippen LogP contribution in [-0.4, -0.2) is 69.7 Å². The van der Waals surface area contributed by atoms with Gasteiger partial charge in [-0.3, -0.25) is 14.0 Å². The fourth-order valence-corrected chi connectivity index (χ4v) is 5.19. The maximum atomic E-state index is 13.4. The molecule has 1 fully saturated rings. The van der Waals surface area contributed by atoms with Crippen LogP contribution in [0.5, 0.6) is 5.75 Å². The Hall–Kier alpha value is -3.36. The fraction of sp³-hybridized carbons (Fsp3) is 0.345. The van der Waals surface area contributed by atoms with Crippen molar-refractivity contribution in [3.8, 4) is 5.75 Å². The van der Waals surface area contributed by atoms with Crippen LogP contribution in [0, 0.1) is 0 Å². The second-order valence-corrected chi connectivity index (χ2v) is 11.3. The first kappa shape index (κ1) is 26.7. The molecular formula is C29H35N3O4S. The Morgan fingerprint density at radius 1 is 0.865 bits per heavy atom. The van der Waals surface area contributed by atoms with E-state index in [2.05, 4.69) is 53.4 Å². The Morgan fingerprint density at radius 2 is 1.38 bits per heavy atom. The van der Waals surface area contributed by atoms with Crippen LogP contribution in [0.3, 0.4) is 0 Å². The van der Waals surface area contributed by atoms with Gasteiger partial charge in [0.25, 0.3) is 5.91 Å². The van der Waals surface area contributed by atoms with Crippen molar-refractivity contribution in [3.05, 3.63) is 96.1 Å². The zero-order chi connectivity index (χ0) is 26.4. The minimum atomic E-state index is -3.34. The number of nitrogens with zero attached hydrogens (tertiary/aromatic N) is 3. The van der Waals surface area contributed by atoms with Gasteiger partial charge in [0, 0.05) is 33.2 Å². The maximum absolute atomic E-state index is 13.4. The number of anilines is 1. The lowest BCUT2D eigenvalue weighted by atomic mass is 9.96. The first-order valence-electron chi connectivity index (χ1n) is 12.6. The molecule has 1 aliphatic heterocycles. The monoisotopic (exact) mass is 521 g/mol. The second kappa shape index (κ2) is 11.8. The van der Waals surface area contributed by atoms with Gasteiger partial charge in [-0.1, -0.05) is 67.6 Å². The van der Waals surface area contributed by atoms with Crippen molar-refractivity contribution >= 4 is 21.6 Å². The molecule has 0 aromatic heterocycles. The predicted molar refractivity (Wildman–Crippen MR) is 147 cm³/mol. The van der Waals surface area contributed by atoms with Gasteiger partial charge in [0.15, 0.2) is 6.10 Å². The first-order valence-corrected chi connectivity index (χ1v) is 14.5. The van der Waals surface area contributed by atoms with Crippen LogP contribution in [0.15, 0.2) is 84.9 Å². The third kappa shape index (κ3) is 6.50. The molecule has 1 unspecified atom stereocenters. The SMILES string of the molecule is CCC(Oc1ccc(N(C)S(C)(=O)=O)cc1)C(=O)N1CCN(C(c2ccccc2)c2ccccc2)CC1. The molecule has 1 aliphatic rings. The lowest BCUT2D eigenvalue weighted by Crippen LogP contribution is -2.53. The summed E-state index contributed by atoms with van der Waals surface area (Å²) in [5.74, 6) is 0.521. The van der Waals surface area contributed by atoms with Crippen molar-refractivity contribution in [3.63, 3.8) is 0 Å². The Balaban J connectivity index is 1.40. The normalized spacial score (nSPS) is 15.4. The zero-order valence-corrected chi connectivity index (χ0v) is 22.5. The van der Waals surface area contributed by atoms with Gasteiger partial charge in [0.2, 0.25) is 10.0 Å². The maximum Gasteiger partial charge on any atom is 0.263 e. The van der Waals surface area contributed by atoms with Crippen molar-refractivity contribution < 1.29 is 17.9 Å². The van der Waals surface area contributed by atoms with Crippen molar-refractivity contribution in [1.29, 1.82) is 0 Å². The van der Waals surface area contributed by atoms with Gasteiger partial charge in [-0.05, 0) is 41.8 Å². The van der Waals surface area contributed by atoms with Gasteiger partial charge in [-0.15, -0.1) is 0 Å². The van der Waals surface area contributed by atoms with Gasteiger partial charge in [0.1, 0.15) is 5.75 Å². The number of carbonyl (C=O) groups excluding carboxylic acids is 1. The van der Waals surface area contributed by atoms with Gasteiger partial charge in [-0.2, -0.15) is 0 Å². The number of rotatable bonds is 9. The fourth-order valence-electron chi connectivity index (χ4n) is 4.69. The summed E-state index contributed by atoms with van der Waals surface area (Å²) in [5, 5.41) is 0. The molecule has 8 heteroatoms. The smallest absolute Gasteiger partial charge is 0.263 e. The molecule has 196 valence electrons. The van der Waals surface area contributed by atoms with Gasteiger partial charge in [-0.25, -0.2) is 8.42 Å². The minimum absolute atomic E-state index is 0.0181. The number of ether oxygens (including phenoxy) is 1. The molecule has 0 spiro atoms. The Labute approximate surface area is 220 Å². The molecule has 1 amide bonds. The largest absolute Gasteiger partial charge is 0.481 e. The van der Waals surface area contributed by atoms with Gasteiger partial charge in [0.05, 0.1) is 18.0 Å². The van der Waals surface area contributed by atoms with Gasteiger partial charge < -0.3 is 9.64 Å². The number of benzene rings is 3. The molecular weight excluding hydrogens is 486 g/mol. The summed E-state index contributed by atoms with van der Waals surface area (Å²) < 4.78 is 30.8. The summed E-state index contributed by atoms with van der Waals surface area (Å²) in [7, 11) is -1.84. The van der Waals surface area contributed by atoms with E-state index in [-0.39, 0.29) is 11.9 Å². The highest BCUT2D eigenvalue weighted by Gasteiger charge is 2.31. The van der Waals surface area contributed by atoms with Crippen LogP contribution >= 0.6 is 0 Å². The van der Waals surface area contributed by atoms with E-state index in [0.717, 1.165) is 19.3 Å². The summed E-state index contributed by atoms with van der Waals surface area (Å²) >= 11 is 0. The van der Waals surface area contributed by atoms with Crippen LogP contribution in [0.2, 0.25) is 0 Å². The quantitative estimate of drug-likeness (QED) is 0.423. The molecule has 3 aromatic rings. The Kier molecular flexibility index (Phi) is 8.51. The first-order chi connectivity index (χ1) is 17.8. The highest BCUT2D eigenvalue weighted by atomic mass is 32.2. The summed E-state index contributed by atoms with van der Waals surface area (Å²) in [6.07, 6.45) is 1.11. The third-order valence-electron chi connectivity index (χ3n) is 6.84. The summed E-state index contributed by atoms with van der Waals surface area (Å²) in [6.45, 7) is 4.73. The highest BCUT2D eigenvalue weighted by molar-refractivity contribution is 7.92. The van der Waals surface area contributed by atoms with Crippen LogP contribution in [0.1, 0.15) is 30.5 Å². The molecule has 1 atom stereocenters. The average Bonchev–Trinajstić information content (AvgIpc) is 2.92. The molecule has 0 saturated carbocycles. The number of hydrogen-bond acceptors (Lipinski definition) is 5. The number of hydrogen-bond donors (Lipinski definition) is 0. The third-order valence-corrected chi connectivity index (χ3v) is 8.05. The number of piperazine rings is 1. The number of sulfonamides is 1. The van der Waals surface area contributed by atoms with E-state index < -0.39 is 16.1 Å². The molecule has 0 bridgehead atoms. The van der Waals surface area contributed by atoms with E-state index in [1.54, 1.807) is 24.3 Å². The highest BCUT2D eigenvalue weighted by Crippen LogP contribution is 2.30. The van der Waals surface area contributed by atoms with E-state index in [9.17, 15) is 13.2 Å². The Morgan fingerprint density at radius 3 is 1.84 bits per heavy atom. The summed E-state index contributed by atoms with van der Waals surface area (Å²) in [5.41, 5.74) is 3.03. The molecule has 37 heavy (non-hydrogen) atoms. The van der Waals surface area contributed by atoms with Crippen molar-refractivity contribution in [1.82, 2.24) is 9.80 Å². The molecule has 0 N–H and O–H groups in total. The topological polar surface area (TPSA) is 70.2 Å². The van der Waals surface area contributed by atoms with Crippen LogP contribution in [0.25, 0.3) is 0 Å². The molecule has 0 radical (unpaired) electrons. The van der Waals surface area contributed by atoms with Crippen LogP contribution in [0.4, 0.5) is 5.69 Å². The minimum Gasteiger partial charge on any atom is -0.481 e. The summed E-state index contributed by atoms with van der Waals surface area (Å²) in [4.78, 5) is 17.7. The predicted octanol–water partition coefficient (Wildman–Crippen LogP) is 4.17. The lowest BCUT2D eigenvalue weighted by molar-refractivity contribution is -0.140.